The van der Waals surface area contributed by atoms with Gasteiger partial charge in [0.1, 0.15) is 17.9 Å². The zero-order valence-electron chi connectivity index (χ0n) is 19.3. The molecule has 3 aromatic carbocycles. The summed E-state index contributed by atoms with van der Waals surface area (Å²) in [7, 11) is 0. The summed E-state index contributed by atoms with van der Waals surface area (Å²) in [5, 5.41) is 4.36. The van der Waals surface area contributed by atoms with E-state index in [9.17, 15) is 4.79 Å². The Balaban J connectivity index is 1.34. The molecule has 0 spiro atoms. The van der Waals surface area contributed by atoms with E-state index in [0.29, 0.717) is 18.1 Å². The Kier molecular flexibility index (Phi) is 6.12. The summed E-state index contributed by atoms with van der Waals surface area (Å²) < 4.78 is 12.0. The highest BCUT2D eigenvalue weighted by molar-refractivity contribution is 6.07. The van der Waals surface area contributed by atoms with E-state index in [1.54, 1.807) is 0 Å². The quantitative estimate of drug-likeness (QED) is 0.375. The highest BCUT2D eigenvalue weighted by atomic mass is 16.5. The average Bonchev–Trinajstić information content (AvgIpc) is 3.30. The molecule has 34 heavy (non-hydrogen) atoms. The molecule has 6 heteroatoms. The largest absolute Gasteiger partial charge is 0.489 e. The van der Waals surface area contributed by atoms with Gasteiger partial charge in [0.05, 0.1) is 5.71 Å². The maximum atomic E-state index is 12.2. The van der Waals surface area contributed by atoms with Gasteiger partial charge >= 0.3 is 0 Å². The molecular weight excluding hydrogens is 426 g/mol. The van der Waals surface area contributed by atoms with Crippen LogP contribution >= 0.6 is 0 Å². The molecule has 4 aromatic rings. The van der Waals surface area contributed by atoms with E-state index in [2.05, 4.69) is 29.4 Å². The van der Waals surface area contributed by atoms with Gasteiger partial charge in [-0.3, -0.25) is 4.79 Å². The van der Waals surface area contributed by atoms with Gasteiger partial charge in [0.15, 0.2) is 5.58 Å². The fraction of sp³-hybridized carbons (Fsp3) is 0.250. The van der Waals surface area contributed by atoms with Crippen molar-refractivity contribution >= 4 is 22.7 Å². The van der Waals surface area contributed by atoms with Crippen molar-refractivity contribution in [2.75, 3.05) is 0 Å². The first kappa shape index (κ1) is 21.9. The summed E-state index contributed by atoms with van der Waals surface area (Å²) in [4.78, 5) is 16.9. The number of amides is 1. The van der Waals surface area contributed by atoms with Crippen LogP contribution < -0.4 is 10.2 Å². The Morgan fingerprint density at radius 2 is 1.76 bits per heavy atom. The van der Waals surface area contributed by atoms with Gasteiger partial charge in [-0.1, -0.05) is 56.7 Å². The van der Waals surface area contributed by atoms with Crippen molar-refractivity contribution in [3.63, 3.8) is 0 Å². The maximum Gasteiger partial charge on any atom is 0.243 e. The number of nitrogens with zero attached hydrogens (tertiary/aromatic N) is 2. The molecule has 2 heterocycles. The Labute approximate surface area is 198 Å². The van der Waals surface area contributed by atoms with Crippen LogP contribution in [0, 0.1) is 11.8 Å². The summed E-state index contributed by atoms with van der Waals surface area (Å²) in [6.07, 6.45) is 1.79. The van der Waals surface area contributed by atoms with Gasteiger partial charge in [0, 0.05) is 23.0 Å². The molecule has 0 fully saturated rings. The number of oxazole rings is 1. The number of fused-ring (bicyclic) bond motifs is 1. The molecular formula is C28H27N3O3. The van der Waals surface area contributed by atoms with Crippen molar-refractivity contribution < 1.29 is 13.9 Å². The third kappa shape index (κ3) is 4.44. The van der Waals surface area contributed by atoms with Crippen LogP contribution in [-0.2, 0) is 11.4 Å². The molecule has 0 radical (unpaired) electrons. The molecule has 0 bridgehead atoms. The normalized spacial score (nSPS) is 17.9. The van der Waals surface area contributed by atoms with Crippen molar-refractivity contribution in [3.8, 4) is 17.2 Å². The lowest BCUT2D eigenvalue weighted by Gasteiger charge is -2.27. The maximum absolute atomic E-state index is 12.2. The van der Waals surface area contributed by atoms with Gasteiger partial charge in [0.2, 0.25) is 11.8 Å². The van der Waals surface area contributed by atoms with Crippen molar-refractivity contribution in [2.24, 2.45) is 16.9 Å². The summed E-state index contributed by atoms with van der Waals surface area (Å²) >= 11 is 0. The average molecular weight is 454 g/mol. The predicted molar refractivity (Wildman–Crippen MR) is 132 cm³/mol. The van der Waals surface area contributed by atoms with Crippen LogP contribution in [0.3, 0.4) is 0 Å². The highest BCUT2D eigenvalue weighted by Gasteiger charge is 2.32. The Hall–Kier alpha value is -3.93. The molecule has 1 aromatic heterocycles. The van der Waals surface area contributed by atoms with Gasteiger partial charge in [-0.2, -0.15) is 5.10 Å². The number of benzene rings is 3. The van der Waals surface area contributed by atoms with E-state index in [1.807, 2.05) is 72.8 Å². The van der Waals surface area contributed by atoms with E-state index in [4.69, 9.17) is 9.15 Å². The van der Waals surface area contributed by atoms with Crippen LogP contribution in [0.15, 0.2) is 82.3 Å². The number of ether oxygens (including phenoxy) is 1. The monoisotopic (exact) mass is 453 g/mol. The third-order valence-electron chi connectivity index (χ3n) is 6.29. The second kappa shape index (κ2) is 9.51. The van der Waals surface area contributed by atoms with Crippen molar-refractivity contribution in [3.05, 3.63) is 83.9 Å². The highest BCUT2D eigenvalue weighted by Crippen LogP contribution is 2.30. The van der Waals surface area contributed by atoms with Gasteiger partial charge in [0.25, 0.3) is 0 Å². The molecule has 0 saturated carbocycles. The molecule has 2 unspecified atom stereocenters. The second-order valence-electron chi connectivity index (χ2n) is 8.66. The lowest BCUT2D eigenvalue weighted by Crippen LogP contribution is -2.40. The van der Waals surface area contributed by atoms with Gasteiger partial charge in [-0.15, -0.1) is 0 Å². The predicted octanol–water partition coefficient (Wildman–Crippen LogP) is 5.96. The van der Waals surface area contributed by atoms with Crippen LogP contribution in [0.25, 0.3) is 22.6 Å². The fourth-order valence-electron chi connectivity index (χ4n) is 4.38. The first-order valence-electron chi connectivity index (χ1n) is 11.7. The number of hydrogen-bond donors (Lipinski definition) is 1. The van der Waals surface area contributed by atoms with Crippen LogP contribution in [0.4, 0.5) is 0 Å². The minimum absolute atomic E-state index is 0.00248. The first-order chi connectivity index (χ1) is 16.6. The van der Waals surface area contributed by atoms with Crippen LogP contribution in [0.2, 0.25) is 0 Å². The summed E-state index contributed by atoms with van der Waals surface area (Å²) in [5.41, 5.74) is 7.97. The molecule has 1 aliphatic rings. The van der Waals surface area contributed by atoms with E-state index >= 15 is 0 Å². The zero-order chi connectivity index (χ0) is 23.5. The topological polar surface area (TPSA) is 76.7 Å². The molecule has 1 N–H and O–H groups in total. The SMILES string of the molecule is CCCC1C(=O)NN=C(c2ccc3nc(-c4ccc(OCc5ccccc5)cc4)oc3c2)C1C. The fourth-order valence-corrected chi connectivity index (χ4v) is 4.38. The lowest BCUT2D eigenvalue weighted by atomic mass is 9.82. The molecule has 6 nitrogen and oxygen atoms in total. The van der Waals surface area contributed by atoms with E-state index in [-0.39, 0.29) is 17.7 Å². The van der Waals surface area contributed by atoms with Crippen molar-refractivity contribution in [1.29, 1.82) is 0 Å². The summed E-state index contributed by atoms with van der Waals surface area (Å²) in [6, 6.07) is 23.7. The molecule has 1 aliphatic heterocycles. The number of carbonyl (C=O) groups is 1. The molecule has 1 amide bonds. The van der Waals surface area contributed by atoms with Gasteiger partial charge in [-0.05, 0) is 48.4 Å². The Bertz CT molecular complexity index is 1330. The first-order valence-corrected chi connectivity index (χ1v) is 11.7. The smallest absolute Gasteiger partial charge is 0.243 e. The standard InChI is InChI=1S/C28H27N3O3/c1-3-7-23-18(2)26(30-31-27(23)32)21-12-15-24-25(16-21)34-28(29-24)20-10-13-22(14-11-20)33-17-19-8-5-4-6-9-19/h4-6,8-16,18,23H,3,7,17H2,1-2H3,(H,31,32). The number of aromatic nitrogens is 1. The summed E-state index contributed by atoms with van der Waals surface area (Å²) in [6.45, 7) is 4.68. The Morgan fingerprint density at radius 3 is 2.53 bits per heavy atom. The molecule has 2 atom stereocenters. The zero-order valence-corrected chi connectivity index (χ0v) is 19.3. The molecule has 0 saturated heterocycles. The van der Waals surface area contributed by atoms with Crippen LogP contribution in [-0.4, -0.2) is 16.6 Å². The van der Waals surface area contributed by atoms with E-state index in [0.717, 1.165) is 46.5 Å². The van der Waals surface area contributed by atoms with E-state index in [1.165, 1.54) is 0 Å². The Morgan fingerprint density at radius 1 is 1.00 bits per heavy atom. The minimum atomic E-state index is -0.0684. The third-order valence-corrected chi connectivity index (χ3v) is 6.29. The van der Waals surface area contributed by atoms with Crippen LogP contribution in [0.1, 0.15) is 37.8 Å². The number of carbonyl (C=O) groups excluding carboxylic acids is 1. The molecule has 172 valence electrons. The van der Waals surface area contributed by atoms with Crippen molar-refractivity contribution in [1.82, 2.24) is 10.4 Å². The minimum Gasteiger partial charge on any atom is -0.489 e. The second-order valence-corrected chi connectivity index (χ2v) is 8.66. The molecule has 5 rings (SSSR count). The van der Waals surface area contributed by atoms with Gasteiger partial charge in [-0.25, -0.2) is 10.4 Å². The molecule has 0 aliphatic carbocycles. The van der Waals surface area contributed by atoms with Crippen molar-refractivity contribution in [2.45, 2.75) is 33.3 Å². The number of hydrogen-bond acceptors (Lipinski definition) is 5. The number of rotatable bonds is 7. The van der Waals surface area contributed by atoms with E-state index < -0.39 is 0 Å². The summed E-state index contributed by atoms with van der Waals surface area (Å²) in [5.74, 6) is 1.31. The van der Waals surface area contributed by atoms with Gasteiger partial charge < -0.3 is 9.15 Å². The number of hydrazone groups is 1. The van der Waals surface area contributed by atoms with Crippen LogP contribution in [0.5, 0.6) is 5.75 Å². The number of nitrogens with one attached hydrogen (secondary N) is 1. The lowest BCUT2D eigenvalue weighted by molar-refractivity contribution is -0.126.